The van der Waals surface area contributed by atoms with Crippen molar-refractivity contribution in [2.45, 2.75) is 32.2 Å². The molecule has 3 rings (SSSR count). The highest BCUT2D eigenvalue weighted by Gasteiger charge is 2.34. The van der Waals surface area contributed by atoms with Crippen LogP contribution in [0.1, 0.15) is 30.9 Å². The Kier molecular flexibility index (Phi) is 4.55. The number of ether oxygens (including phenoxy) is 4. The first kappa shape index (κ1) is 16.5. The number of rotatable bonds is 4. The Hall–Kier alpha value is -2.37. The minimum absolute atomic E-state index is 0.0598. The first-order chi connectivity index (χ1) is 11.6. The van der Waals surface area contributed by atoms with Crippen LogP contribution in [0.15, 0.2) is 11.8 Å². The number of benzene rings is 1. The van der Waals surface area contributed by atoms with Gasteiger partial charge in [0, 0.05) is 24.5 Å². The molecule has 0 radical (unpaired) electrons. The molecule has 0 bridgehead atoms. The molecule has 6 nitrogen and oxygen atoms in total. The van der Waals surface area contributed by atoms with E-state index in [0.29, 0.717) is 23.9 Å². The second-order valence-electron chi connectivity index (χ2n) is 5.91. The van der Waals surface area contributed by atoms with Crippen LogP contribution in [0, 0.1) is 0 Å². The summed E-state index contributed by atoms with van der Waals surface area (Å²) < 4.78 is 22.5. The zero-order valence-corrected chi connectivity index (χ0v) is 14.5. The summed E-state index contributed by atoms with van der Waals surface area (Å²) in [5.74, 6) is 2.67. The molecule has 1 aromatic rings. The topological polar surface area (TPSA) is 66.0 Å². The summed E-state index contributed by atoms with van der Waals surface area (Å²) in [7, 11) is 4.84. The van der Waals surface area contributed by atoms with E-state index in [2.05, 4.69) is 5.32 Å². The van der Waals surface area contributed by atoms with Crippen molar-refractivity contribution >= 4 is 11.5 Å². The van der Waals surface area contributed by atoms with Gasteiger partial charge in [0.15, 0.2) is 11.5 Å². The van der Waals surface area contributed by atoms with Gasteiger partial charge in [0.2, 0.25) is 11.7 Å². The van der Waals surface area contributed by atoms with Crippen LogP contribution in [0.2, 0.25) is 0 Å². The van der Waals surface area contributed by atoms with Crippen molar-refractivity contribution in [3.63, 3.8) is 0 Å². The summed E-state index contributed by atoms with van der Waals surface area (Å²) in [5, 5.41) is 3.00. The van der Waals surface area contributed by atoms with Gasteiger partial charge >= 0.3 is 0 Å². The molecule has 130 valence electrons. The van der Waals surface area contributed by atoms with E-state index in [1.54, 1.807) is 21.3 Å². The summed E-state index contributed by atoms with van der Waals surface area (Å²) in [4.78, 5) is 11.6. The van der Waals surface area contributed by atoms with Gasteiger partial charge in [0.05, 0.1) is 34.0 Å². The Morgan fingerprint density at radius 2 is 1.92 bits per heavy atom. The Labute approximate surface area is 141 Å². The van der Waals surface area contributed by atoms with Gasteiger partial charge in [-0.05, 0) is 24.5 Å². The van der Waals surface area contributed by atoms with Crippen molar-refractivity contribution in [2.75, 3.05) is 27.9 Å². The van der Waals surface area contributed by atoms with Gasteiger partial charge in [0.25, 0.3) is 0 Å². The molecule has 1 heterocycles. The van der Waals surface area contributed by atoms with E-state index in [4.69, 9.17) is 18.9 Å². The van der Waals surface area contributed by atoms with Gasteiger partial charge < -0.3 is 24.3 Å². The molecule has 1 atom stereocenters. The molecular weight excluding hydrogens is 310 g/mol. The lowest BCUT2D eigenvalue weighted by molar-refractivity contribution is -0.119. The van der Waals surface area contributed by atoms with E-state index in [0.717, 1.165) is 41.7 Å². The lowest BCUT2D eigenvalue weighted by Crippen LogP contribution is -2.35. The van der Waals surface area contributed by atoms with Crippen LogP contribution in [0.4, 0.5) is 0 Å². The summed E-state index contributed by atoms with van der Waals surface area (Å²) in [6, 6.07) is 1.88. The first-order valence-electron chi connectivity index (χ1n) is 8.05. The molecule has 0 saturated heterocycles. The normalized spacial score (nSPS) is 18.9. The highest BCUT2D eigenvalue weighted by atomic mass is 16.5. The van der Waals surface area contributed by atoms with Crippen LogP contribution in [0.25, 0.3) is 5.57 Å². The largest absolute Gasteiger partial charge is 0.495 e. The maximum atomic E-state index is 11.6. The number of nitrogens with one attached hydrogen (secondary N) is 1. The predicted molar refractivity (Wildman–Crippen MR) is 89.5 cm³/mol. The highest BCUT2D eigenvalue weighted by Crippen LogP contribution is 2.49. The van der Waals surface area contributed by atoms with Crippen molar-refractivity contribution in [1.82, 2.24) is 5.32 Å². The monoisotopic (exact) mass is 333 g/mol. The smallest absolute Gasteiger partial charge is 0.217 e. The minimum Gasteiger partial charge on any atom is -0.495 e. The molecular formula is C18H23NO5. The fourth-order valence-corrected chi connectivity index (χ4v) is 3.58. The molecule has 24 heavy (non-hydrogen) atoms. The maximum absolute atomic E-state index is 11.6. The van der Waals surface area contributed by atoms with Gasteiger partial charge in [-0.3, -0.25) is 4.79 Å². The molecule has 0 fully saturated rings. The standard InChI is InChI=1S/C18H23NO5/c1-10(20)19-13-6-5-11-9-14(21-2)17(22-3)18(23-4)15(11)12-7-8-24-16(12)13/h9,13H,5-8H2,1-4H3,(H,19,20)/t13-/m0/s1. The van der Waals surface area contributed by atoms with Crippen molar-refractivity contribution in [1.29, 1.82) is 0 Å². The number of hydrogen-bond acceptors (Lipinski definition) is 5. The van der Waals surface area contributed by atoms with Crippen LogP contribution in [-0.4, -0.2) is 39.9 Å². The Morgan fingerprint density at radius 3 is 2.54 bits per heavy atom. The molecule has 0 aromatic heterocycles. The zero-order valence-electron chi connectivity index (χ0n) is 14.5. The molecule has 6 heteroatoms. The summed E-state index contributed by atoms with van der Waals surface area (Å²) in [5.41, 5.74) is 3.21. The molecule has 0 saturated carbocycles. The molecule has 1 amide bonds. The van der Waals surface area contributed by atoms with Crippen LogP contribution in [0.5, 0.6) is 17.2 Å². The minimum atomic E-state index is -0.117. The second-order valence-corrected chi connectivity index (χ2v) is 5.91. The fourth-order valence-electron chi connectivity index (χ4n) is 3.58. The fraction of sp³-hybridized carbons (Fsp3) is 0.500. The number of aryl methyl sites for hydroxylation is 1. The number of methoxy groups -OCH3 is 3. The molecule has 1 N–H and O–H groups in total. The van der Waals surface area contributed by atoms with Crippen LogP contribution < -0.4 is 19.5 Å². The van der Waals surface area contributed by atoms with Crippen molar-refractivity contribution in [2.24, 2.45) is 0 Å². The van der Waals surface area contributed by atoms with Crippen molar-refractivity contribution in [3.8, 4) is 17.2 Å². The van der Waals surface area contributed by atoms with E-state index in [-0.39, 0.29) is 11.9 Å². The zero-order chi connectivity index (χ0) is 17.3. The lowest BCUT2D eigenvalue weighted by Gasteiger charge is -2.19. The summed E-state index contributed by atoms with van der Waals surface area (Å²) in [6.45, 7) is 2.14. The molecule has 0 spiro atoms. The van der Waals surface area contributed by atoms with Gasteiger partial charge in [-0.25, -0.2) is 0 Å². The number of carbonyl (C=O) groups excluding carboxylic acids is 1. The average molecular weight is 333 g/mol. The van der Waals surface area contributed by atoms with Crippen LogP contribution in [0.3, 0.4) is 0 Å². The predicted octanol–water partition coefficient (Wildman–Crippen LogP) is 2.29. The number of hydrogen-bond donors (Lipinski definition) is 1. The molecule has 2 aliphatic rings. The van der Waals surface area contributed by atoms with Crippen molar-refractivity contribution < 1.29 is 23.7 Å². The number of carbonyl (C=O) groups is 1. The third-order valence-electron chi connectivity index (χ3n) is 4.52. The lowest BCUT2D eigenvalue weighted by atomic mass is 9.95. The van der Waals surface area contributed by atoms with E-state index < -0.39 is 0 Å². The third kappa shape index (κ3) is 2.66. The molecule has 1 aliphatic carbocycles. The molecule has 1 aromatic carbocycles. The summed E-state index contributed by atoms with van der Waals surface area (Å²) in [6.07, 6.45) is 2.33. The summed E-state index contributed by atoms with van der Waals surface area (Å²) >= 11 is 0. The van der Waals surface area contributed by atoms with Gasteiger partial charge in [0.1, 0.15) is 5.76 Å². The van der Waals surface area contributed by atoms with E-state index in [1.807, 2.05) is 6.07 Å². The van der Waals surface area contributed by atoms with Gasteiger partial charge in [-0.2, -0.15) is 0 Å². The average Bonchev–Trinajstić information content (AvgIpc) is 3.00. The quantitative estimate of drug-likeness (QED) is 0.916. The number of amides is 1. The maximum Gasteiger partial charge on any atom is 0.217 e. The second kappa shape index (κ2) is 6.63. The SMILES string of the molecule is COc1cc2c(c(OC)c1OC)C1=C(OCC1)[C@@H](NC(C)=O)CC2. The Bertz CT molecular complexity index is 695. The van der Waals surface area contributed by atoms with Gasteiger partial charge in [-0.1, -0.05) is 0 Å². The van der Waals surface area contributed by atoms with Crippen molar-refractivity contribution in [3.05, 3.63) is 23.0 Å². The van der Waals surface area contributed by atoms with Crippen LogP contribution in [-0.2, 0) is 16.0 Å². The number of fused-ring (bicyclic) bond motifs is 2. The molecule has 1 aliphatic heterocycles. The van der Waals surface area contributed by atoms with E-state index >= 15 is 0 Å². The molecule has 0 unspecified atom stereocenters. The van der Waals surface area contributed by atoms with E-state index in [9.17, 15) is 4.79 Å². The third-order valence-corrected chi connectivity index (χ3v) is 4.52. The first-order valence-corrected chi connectivity index (χ1v) is 8.05. The van der Waals surface area contributed by atoms with Crippen LogP contribution >= 0.6 is 0 Å². The van der Waals surface area contributed by atoms with E-state index in [1.165, 1.54) is 6.92 Å². The highest BCUT2D eigenvalue weighted by molar-refractivity contribution is 5.82. The van der Waals surface area contributed by atoms with Gasteiger partial charge in [-0.15, -0.1) is 0 Å². The Balaban J connectivity index is 2.19. The Morgan fingerprint density at radius 1 is 1.17 bits per heavy atom.